The van der Waals surface area contributed by atoms with E-state index in [4.69, 9.17) is 23.2 Å². The molecule has 4 nitrogen and oxygen atoms in total. The van der Waals surface area contributed by atoms with Crippen LogP contribution in [0.1, 0.15) is 16.3 Å². The number of fused-ring (bicyclic) bond motifs is 1. The largest absolute Gasteiger partial charge is 0.293 e. The molecule has 0 atom stereocenters. The van der Waals surface area contributed by atoms with Crippen molar-refractivity contribution in [1.82, 2.24) is 14.5 Å². The number of aromatic nitrogens is 3. The van der Waals surface area contributed by atoms with E-state index in [1.807, 2.05) is 23.6 Å². The van der Waals surface area contributed by atoms with E-state index < -0.39 is 0 Å². The van der Waals surface area contributed by atoms with Crippen molar-refractivity contribution < 1.29 is 0 Å². The van der Waals surface area contributed by atoms with Crippen LogP contribution in [-0.4, -0.2) is 14.5 Å². The van der Waals surface area contributed by atoms with Gasteiger partial charge in [-0.3, -0.25) is 9.36 Å². The topological polar surface area (TPSA) is 47.8 Å². The maximum atomic E-state index is 12.7. The van der Waals surface area contributed by atoms with E-state index in [0.29, 0.717) is 27.5 Å². The van der Waals surface area contributed by atoms with Crippen molar-refractivity contribution >= 4 is 45.4 Å². The van der Waals surface area contributed by atoms with Crippen LogP contribution in [-0.2, 0) is 13.0 Å². The lowest BCUT2D eigenvalue weighted by atomic mass is 10.2. The van der Waals surface area contributed by atoms with E-state index in [0.717, 1.165) is 17.1 Å². The molecule has 0 amide bonds. The molecule has 0 aliphatic carbocycles. The predicted octanol–water partition coefficient (Wildman–Crippen LogP) is 4.80. The Morgan fingerprint density at radius 2 is 1.92 bits per heavy atom. The summed E-state index contributed by atoms with van der Waals surface area (Å²) in [6.45, 7) is 0.358. The normalized spacial score (nSPS) is 11.2. The third-order valence-corrected chi connectivity index (χ3v) is 5.38. The van der Waals surface area contributed by atoms with E-state index in [9.17, 15) is 4.79 Å². The maximum absolute atomic E-state index is 12.7. The fraction of sp³-hybridized carbons (Fsp3) is 0.105. The fourth-order valence-corrected chi connectivity index (χ4v) is 4.12. The first kappa shape index (κ1) is 17.2. The smallest absolute Gasteiger partial charge is 0.261 e. The van der Waals surface area contributed by atoms with Crippen molar-refractivity contribution in [3.63, 3.8) is 0 Å². The molecule has 2 aromatic carbocycles. The molecule has 0 fully saturated rings. The Bertz CT molecular complexity index is 1140. The maximum Gasteiger partial charge on any atom is 0.261 e. The highest BCUT2D eigenvalue weighted by Crippen LogP contribution is 2.24. The van der Waals surface area contributed by atoms with E-state index in [2.05, 4.69) is 22.1 Å². The van der Waals surface area contributed by atoms with Crippen molar-refractivity contribution in [2.24, 2.45) is 0 Å². The monoisotopic (exact) mass is 401 g/mol. The molecule has 2 heterocycles. The van der Waals surface area contributed by atoms with Gasteiger partial charge in [-0.05, 0) is 17.7 Å². The van der Waals surface area contributed by atoms with Gasteiger partial charge >= 0.3 is 0 Å². The summed E-state index contributed by atoms with van der Waals surface area (Å²) in [5.74, 6) is 0. The second-order valence-corrected chi connectivity index (χ2v) is 7.64. The van der Waals surface area contributed by atoms with Crippen molar-refractivity contribution in [2.45, 2.75) is 13.0 Å². The van der Waals surface area contributed by atoms with Crippen LogP contribution in [0.15, 0.2) is 59.0 Å². The molecule has 0 N–H and O–H groups in total. The zero-order valence-corrected chi connectivity index (χ0v) is 15.9. The molecule has 0 aliphatic rings. The van der Waals surface area contributed by atoms with Crippen LogP contribution in [0.2, 0.25) is 10.0 Å². The van der Waals surface area contributed by atoms with Crippen LogP contribution in [0.3, 0.4) is 0 Å². The van der Waals surface area contributed by atoms with Gasteiger partial charge in [-0.25, -0.2) is 9.97 Å². The summed E-state index contributed by atoms with van der Waals surface area (Å²) in [5.41, 5.74) is 2.32. The molecule has 0 bridgehead atoms. The second kappa shape index (κ2) is 7.19. The zero-order chi connectivity index (χ0) is 18.1. The molecule has 0 spiro atoms. The minimum absolute atomic E-state index is 0.183. The standard InChI is InChI=1S/C19H13Cl2N3OS/c20-13-7-15-18(16(21)8-13)22-11-24(19(15)25)9-14-10-26-17(23-14)6-12-4-2-1-3-5-12/h1-5,7-8,10-11H,6,9H2. The molecular formula is C19H13Cl2N3OS. The van der Waals surface area contributed by atoms with E-state index in [-0.39, 0.29) is 5.56 Å². The molecule has 0 radical (unpaired) electrons. The lowest BCUT2D eigenvalue weighted by Crippen LogP contribution is -2.21. The van der Waals surface area contributed by atoms with Gasteiger partial charge in [-0.2, -0.15) is 0 Å². The van der Waals surface area contributed by atoms with E-state index >= 15 is 0 Å². The van der Waals surface area contributed by atoms with Crippen molar-refractivity contribution in [1.29, 1.82) is 0 Å². The summed E-state index contributed by atoms with van der Waals surface area (Å²) in [5, 5.41) is 4.18. The SMILES string of the molecule is O=c1c2cc(Cl)cc(Cl)c2ncn1Cc1csc(Cc2ccccc2)n1. The highest BCUT2D eigenvalue weighted by Gasteiger charge is 2.11. The Morgan fingerprint density at radius 3 is 2.73 bits per heavy atom. The third kappa shape index (κ3) is 3.51. The van der Waals surface area contributed by atoms with Crippen LogP contribution < -0.4 is 5.56 Å². The summed E-state index contributed by atoms with van der Waals surface area (Å²) < 4.78 is 1.52. The van der Waals surface area contributed by atoms with Gasteiger partial charge in [0, 0.05) is 16.8 Å². The molecule has 26 heavy (non-hydrogen) atoms. The summed E-state index contributed by atoms with van der Waals surface area (Å²) >= 11 is 13.7. The van der Waals surface area contributed by atoms with Crippen LogP contribution in [0.5, 0.6) is 0 Å². The van der Waals surface area contributed by atoms with Crippen LogP contribution in [0.4, 0.5) is 0 Å². The van der Waals surface area contributed by atoms with Gasteiger partial charge in [0.25, 0.3) is 5.56 Å². The molecule has 0 unspecified atom stereocenters. The van der Waals surface area contributed by atoms with Gasteiger partial charge in [-0.15, -0.1) is 11.3 Å². The average molecular weight is 402 g/mol. The van der Waals surface area contributed by atoms with Crippen molar-refractivity contribution in [3.8, 4) is 0 Å². The van der Waals surface area contributed by atoms with Gasteiger partial charge in [0.2, 0.25) is 0 Å². The first-order valence-corrected chi connectivity index (χ1v) is 9.55. The molecule has 4 rings (SSSR count). The minimum atomic E-state index is -0.183. The summed E-state index contributed by atoms with van der Waals surface area (Å²) in [7, 11) is 0. The Morgan fingerprint density at radius 1 is 1.12 bits per heavy atom. The zero-order valence-electron chi connectivity index (χ0n) is 13.5. The molecular weight excluding hydrogens is 389 g/mol. The van der Waals surface area contributed by atoms with Crippen molar-refractivity contribution in [3.05, 3.63) is 90.8 Å². The van der Waals surface area contributed by atoms with Crippen LogP contribution in [0.25, 0.3) is 10.9 Å². The van der Waals surface area contributed by atoms with Gasteiger partial charge < -0.3 is 0 Å². The highest BCUT2D eigenvalue weighted by molar-refractivity contribution is 7.09. The first-order valence-electron chi connectivity index (χ1n) is 7.91. The lowest BCUT2D eigenvalue weighted by Gasteiger charge is -2.06. The lowest BCUT2D eigenvalue weighted by molar-refractivity contribution is 0.731. The van der Waals surface area contributed by atoms with E-state index in [1.54, 1.807) is 23.5 Å². The van der Waals surface area contributed by atoms with Crippen LogP contribution in [0, 0.1) is 0 Å². The molecule has 0 saturated heterocycles. The quantitative estimate of drug-likeness (QED) is 0.493. The number of hydrogen-bond donors (Lipinski definition) is 0. The van der Waals surface area contributed by atoms with E-state index in [1.165, 1.54) is 16.5 Å². The van der Waals surface area contributed by atoms with Crippen molar-refractivity contribution in [2.75, 3.05) is 0 Å². The number of thiazole rings is 1. The molecule has 2 aromatic heterocycles. The average Bonchev–Trinajstić information content (AvgIpc) is 3.05. The molecule has 4 aromatic rings. The van der Waals surface area contributed by atoms with Gasteiger partial charge in [0.1, 0.15) is 0 Å². The predicted molar refractivity (Wildman–Crippen MR) is 106 cm³/mol. The van der Waals surface area contributed by atoms with Gasteiger partial charge in [0.05, 0.1) is 39.5 Å². The fourth-order valence-electron chi connectivity index (χ4n) is 2.76. The highest BCUT2D eigenvalue weighted by atomic mass is 35.5. The number of rotatable bonds is 4. The Balaban J connectivity index is 1.62. The Hall–Kier alpha value is -2.21. The van der Waals surface area contributed by atoms with Gasteiger partial charge in [0.15, 0.2) is 0 Å². The van der Waals surface area contributed by atoms with Gasteiger partial charge in [-0.1, -0.05) is 53.5 Å². The number of benzene rings is 2. The first-order chi connectivity index (χ1) is 12.6. The second-order valence-electron chi connectivity index (χ2n) is 5.86. The Kier molecular flexibility index (Phi) is 4.76. The molecule has 7 heteroatoms. The number of hydrogen-bond acceptors (Lipinski definition) is 4. The number of nitrogens with zero attached hydrogens (tertiary/aromatic N) is 3. The molecule has 130 valence electrons. The van der Waals surface area contributed by atoms with Crippen LogP contribution >= 0.6 is 34.5 Å². The molecule has 0 aliphatic heterocycles. The molecule has 0 saturated carbocycles. The summed E-state index contributed by atoms with van der Waals surface area (Å²) in [6, 6.07) is 13.4. The summed E-state index contributed by atoms with van der Waals surface area (Å²) in [6.07, 6.45) is 2.28. The third-order valence-electron chi connectivity index (χ3n) is 3.98. The summed E-state index contributed by atoms with van der Waals surface area (Å²) in [4.78, 5) is 21.7. The Labute approximate surface area is 163 Å². The minimum Gasteiger partial charge on any atom is -0.293 e. The number of halogens is 2.